The first-order chi connectivity index (χ1) is 13.2. The summed E-state index contributed by atoms with van der Waals surface area (Å²) in [5.74, 6) is 0. The third-order valence-electron chi connectivity index (χ3n) is 4.02. The molecule has 11 heteroatoms. The summed E-state index contributed by atoms with van der Waals surface area (Å²) in [4.78, 5) is 10.8. The summed E-state index contributed by atoms with van der Waals surface area (Å²) in [5, 5.41) is 9.65. The van der Waals surface area contributed by atoms with Crippen molar-refractivity contribution in [1.29, 1.82) is 0 Å². The van der Waals surface area contributed by atoms with Gasteiger partial charge in [-0.2, -0.15) is 0 Å². The first-order valence-corrected chi connectivity index (χ1v) is 11.3. The molecule has 2 aromatic carbocycles. The Morgan fingerprint density at radius 2 is 1.64 bits per heavy atom. The van der Waals surface area contributed by atoms with Gasteiger partial charge >= 0.3 is 7.60 Å². The van der Waals surface area contributed by atoms with Crippen LogP contribution in [0.4, 0.5) is 5.69 Å². The lowest BCUT2D eigenvalue weighted by molar-refractivity contribution is -0.384. The molecule has 28 heavy (non-hydrogen) atoms. The molecule has 0 aliphatic rings. The van der Waals surface area contributed by atoms with Gasteiger partial charge in [-0.05, 0) is 24.6 Å². The predicted octanol–water partition coefficient (Wildman–Crippen LogP) is 4.31. The Kier molecular flexibility index (Phi) is 7.88. The van der Waals surface area contributed by atoms with Crippen LogP contribution in [0.1, 0.15) is 17.2 Å². The van der Waals surface area contributed by atoms with Crippen LogP contribution in [0.3, 0.4) is 0 Å². The highest BCUT2D eigenvalue weighted by molar-refractivity contribution is 7.83. The second-order valence-electron chi connectivity index (χ2n) is 5.80. The summed E-state index contributed by atoms with van der Waals surface area (Å²) in [6.07, 6.45) is 0. The molecular weight excluding hydrogens is 427 g/mol. The zero-order chi connectivity index (χ0) is 20.9. The number of benzene rings is 2. The fourth-order valence-corrected chi connectivity index (χ4v) is 5.44. The van der Waals surface area contributed by atoms with Crippen LogP contribution in [-0.2, 0) is 24.6 Å². The fraction of sp³-hybridized carbons (Fsp3) is 0.294. The van der Waals surface area contributed by atoms with Crippen LogP contribution >= 0.6 is 19.2 Å². The lowest BCUT2D eigenvalue weighted by Crippen LogP contribution is -2.31. The van der Waals surface area contributed by atoms with Crippen molar-refractivity contribution in [2.45, 2.75) is 23.0 Å². The highest BCUT2D eigenvalue weighted by atomic mass is 35.5. The van der Waals surface area contributed by atoms with Crippen molar-refractivity contribution in [3.8, 4) is 0 Å². The van der Waals surface area contributed by atoms with E-state index in [0.29, 0.717) is 10.5 Å². The third kappa shape index (κ3) is 5.26. The minimum atomic E-state index is -3.75. The van der Waals surface area contributed by atoms with E-state index in [4.69, 9.17) is 20.6 Å². The van der Waals surface area contributed by atoms with Gasteiger partial charge in [-0.25, -0.2) is 8.93 Å². The van der Waals surface area contributed by atoms with Crippen molar-refractivity contribution >= 4 is 35.9 Å². The van der Waals surface area contributed by atoms with Crippen LogP contribution in [0.5, 0.6) is 0 Å². The maximum atomic E-state index is 12.8. The molecule has 0 spiro atoms. The van der Waals surface area contributed by atoms with Gasteiger partial charge in [0.05, 0.1) is 15.9 Å². The van der Waals surface area contributed by atoms with Gasteiger partial charge in [0.2, 0.25) is 0 Å². The summed E-state index contributed by atoms with van der Waals surface area (Å²) in [6, 6.07) is 11.5. The summed E-state index contributed by atoms with van der Waals surface area (Å²) in [6.45, 7) is 1.90. The molecule has 0 saturated heterocycles. The Hall–Kier alpha value is -1.61. The number of alkyl halides is 1. The van der Waals surface area contributed by atoms with E-state index in [0.717, 1.165) is 5.56 Å². The van der Waals surface area contributed by atoms with E-state index in [1.807, 2.05) is 19.1 Å². The molecule has 8 nitrogen and oxygen atoms in total. The number of nitrogens with zero attached hydrogens (tertiary/aromatic N) is 1. The highest BCUT2D eigenvalue weighted by Crippen LogP contribution is 2.57. The largest absolute Gasteiger partial charge is 0.349 e. The van der Waals surface area contributed by atoms with E-state index in [1.54, 1.807) is 12.1 Å². The zero-order valence-corrected chi connectivity index (χ0v) is 17.9. The molecule has 0 amide bonds. The molecule has 1 unspecified atom stereocenters. The van der Waals surface area contributed by atoms with Crippen molar-refractivity contribution in [2.75, 3.05) is 14.2 Å². The minimum absolute atomic E-state index is 0.116. The van der Waals surface area contributed by atoms with Crippen molar-refractivity contribution in [2.24, 2.45) is 0 Å². The van der Waals surface area contributed by atoms with Crippen LogP contribution in [0.25, 0.3) is 0 Å². The van der Waals surface area contributed by atoms with E-state index >= 15 is 0 Å². The van der Waals surface area contributed by atoms with Crippen LogP contribution in [-0.4, -0.2) is 28.5 Å². The predicted molar refractivity (Wildman–Crippen MR) is 108 cm³/mol. The quantitative estimate of drug-likeness (QED) is 0.266. The molecule has 1 N–H and O–H groups in total. The molecule has 0 fully saturated rings. The molecular formula is C17H20ClN2O6PS. The lowest BCUT2D eigenvalue weighted by atomic mass is 10.1. The summed E-state index contributed by atoms with van der Waals surface area (Å²) in [7, 11) is -3.05. The fourth-order valence-electron chi connectivity index (χ4n) is 2.39. The van der Waals surface area contributed by atoms with E-state index in [2.05, 4.69) is 4.72 Å². The molecule has 0 aromatic heterocycles. The van der Waals surface area contributed by atoms with Gasteiger partial charge in [0.15, 0.2) is 5.12 Å². The van der Waals surface area contributed by atoms with Crippen molar-refractivity contribution in [3.05, 3.63) is 69.8 Å². The highest BCUT2D eigenvalue weighted by Gasteiger charge is 2.40. The van der Waals surface area contributed by atoms with Crippen LogP contribution in [0.2, 0.25) is 0 Å². The van der Waals surface area contributed by atoms with E-state index in [9.17, 15) is 18.9 Å². The Labute approximate surface area is 170 Å². The standard InChI is InChI=1S/C17H20ClN2O6PS/c1-12-4-10-15(11-5-12)28(24)19-16(17(18)27(23,25-2)26-3)13-6-8-14(9-7-13)20(21)22/h4-11,16-17,19H,1-3H3/t16-,17-,28?/m1/s1. The number of nitrogens with one attached hydrogen (secondary N) is 1. The topological polar surface area (TPSA) is 108 Å². The number of non-ortho nitro benzene ring substituents is 1. The molecule has 2 rings (SSSR count). The lowest BCUT2D eigenvalue weighted by Gasteiger charge is -2.27. The number of aryl methyl sites for hydroxylation is 1. The second-order valence-corrected chi connectivity index (χ2v) is 10.2. The maximum absolute atomic E-state index is 12.8. The van der Waals surface area contributed by atoms with Crippen LogP contribution in [0, 0.1) is 17.0 Å². The molecule has 0 aliphatic heterocycles. The van der Waals surface area contributed by atoms with Gasteiger partial charge in [0.25, 0.3) is 5.69 Å². The number of nitro groups is 1. The Balaban J connectivity index is 2.40. The van der Waals surface area contributed by atoms with Gasteiger partial charge in [0.1, 0.15) is 11.0 Å². The van der Waals surface area contributed by atoms with Crippen molar-refractivity contribution < 1.29 is 22.7 Å². The molecule has 0 radical (unpaired) electrons. The molecule has 0 aliphatic carbocycles. The van der Waals surface area contributed by atoms with Gasteiger partial charge in [0, 0.05) is 26.4 Å². The van der Waals surface area contributed by atoms with E-state index in [1.165, 1.54) is 38.5 Å². The number of rotatable bonds is 9. The Bertz CT molecular complexity index is 886. The normalized spacial score (nSPS) is 15.0. The number of hydrogen-bond acceptors (Lipinski definition) is 6. The number of halogens is 1. The second kappa shape index (κ2) is 9.73. The molecule has 152 valence electrons. The average Bonchev–Trinajstić information content (AvgIpc) is 2.71. The molecule has 3 atom stereocenters. The summed E-state index contributed by atoms with van der Waals surface area (Å²) >= 11 is 6.40. The first-order valence-electron chi connectivity index (χ1n) is 8.06. The zero-order valence-electron chi connectivity index (χ0n) is 15.4. The number of nitro benzene ring substituents is 1. The van der Waals surface area contributed by atoms with Gasteiger partial charge in [-0.1, -0.05) is 29.8 Å². The van der Waals surface area contributed by atoms with Crippen LogP contribution in [0.15, 0.2) is 53.4 Å². The molecule has 0 heterocycles. The van der Waals surface area contributed by atoms with Gasteiger partial charge in [-0.15, -0.1) is 11.6 Å². The number of hydrogen-bond donors (Lipinski definition) is 1. The summed E-state index contributed by atoms with van der Waals surface area (Å²) in [5.41, 5.74) is 1.33. The first kappa shape index (κ1) is 22.7. The third-order valence-corrected chi connectivity index (χ3v) is 8.08. The molecule has 2 aromatic rings. The van der Waals surface area contributed by atoms with Gasteiger partial charge < -0.3 is 9.05 Å². The maximum Gasteiger partial charge on any atom is 0.349 e. The minimum Gasteiger partial charge on any atom is -0.311 e. The van der Waals surface area contributed by atoms with Gasteiger partial charge in [-0.3, -0.25) is 14.7 Å². The molecule has 0 bridgehead atoms. The SMILES string of the molecule is COP(=O)(OC)[C@@H](Cl)[C@H](NS(=O)c1ccc(C)cc1)c1ccc([N+](=O)[O-])cc1. The van der Waals surface area contributed by atoms with Crippen LogP contribution < -0.4 is 4.72 Å². The van der Waals surface area contributed by atoms with Crippen molar-refractivity contribution in [3.63, 3.8) is 0 Å². The Morgan fingerprint density at radius 1 is 1.11 bits per heavy atom. The molecule has 0 saturated carbocycles. The van der Waals surface area contributed by atoms with E-state index in [-0.39, 0.29) is 5.69 Å². The Morgan fingerprint density at radius 3 is 2.11 bits per heavy atom. The smallest absolute Gasteiger partial charge is 0.311 e. The monoisotopic (exact) mass is 446 g/mol. The summed E-state index contributed by atoms with van der Waals surface area (Å²) < 4.78 is 38.3. The average molecular weight is 447 g/mol. The van der Waals surface area contributed by atoms with E-state index < -0.39 is 34.7 Å². The van der Waals surface area contributed by atoms with Crippen molar-refractivity contribution in [1.82, 2.24) is 4.72 Å².